The monoisotopic (exact) mass is 372 g/mol. The molecule has 2 amide bonds. The Kier molecular flexibility index (Phi) is 5.40. The van der Waals surface area contributed by atoms with Gasteiger partial charge in [-0.15, -0.1) is 0 Å². The molecule has 0 radical (unpaired) electrons. The first-order valence-electron chi connectivity index (χ1n) is 7.11. The van der Waals surface area contributed by atoms with Crippen LogP contribution in [0.5, 0.6) is 0 Å². The summed E-state index contributed by atoms with van der Waals surface area (Å²) >= 11 is 0. The summed E-state index contributed by atoms with van der Waals surface area (Å²) < 4.78 is 29.9. The van der Waals surface area contributed by atoms with Crippen LogP contribution in [0.2, 0.25) is 0 Å². The summed E-state index contributed by atoms with van der Waals surface area (Å²) in [4.78, 5) is 40.2. The molecule has 3 atom stereocenters. The molecule has 1 aliphatic rings. The molecular formula is C14H16N2O8S. The number of nitrogens with zero attached hydrogens (tertiary/aromatic N) is 1. The van der Waals surface area contributed by atoms with Crippen molar-refractivity contribution in [3.8, 4) is 0 Å². The fourth-order valence-corrected chi connectivity index (χ4v) is 2.62. The number of amides is 2. The van der Waals surface area contributed by atoms with E-state index in [0.717, 1.165) is 0 Å². The topological polar surface area (TPSA) is 150 Å². The highest BCUT2D eigenvalue weighted by atomic mass is 32.2. The van der Waals surface area contributed by atoms with Crippen LogP contribution in [0.4, 0.5) is 0 Å². The summed E-state index contributed by atoms with van der Waals surface area (Å²) in [5.41, 5.74) is 0.256. The first-order chi connectivity index (χ1) is 11.6. The second-order valence-corrected chi connectivity index (χ2v) is 6.80. The zero-order valence-electron chi connectivity index (χ0n) is 13.0. The predicted molar refractivity (Wildman–Crippen MR) is 82.6 cm³/mol. The average molecular weight is 372 g/mol. The second kappa shape index (κ2) is 7.17. The minimum Gasteiger partial charge on any atom is -0.480 e. The van der Waals surface area contributed by atoms with Gasteiger partial charge in [-0.05, 0) is 12.5 Å². The van der Waals surface area contributed by atoms with Crippen molar-refractivity contribution in [3.63, 3.8) is 0 Å². The molecule has 0 aromatic heterocycles. The SMILES string of the molecule is C[C@@H]1[C@H](NC(=O)C(C(=O)O)c2ccccc2)C(=O)N1OCS(=O)(=O)O. The van der Waals surface area contributed by atoms with Crippen molar-refractivity contribution in [2.75, 3.05) is 5.94 Å². The van der Waals surface area contributed by atoms with E-state index in [1.807, 2.05) is 0 Å². The molecule has 1 unspecified atom stereocenters. The van der Waals surface area contributed by atoms with Gasteiger partial charge in [0.1, 0.15) is 6.04 Å². The molecule has 1 aromatic carbocycles. The number of aliphatic carboxylic acids is 1. The highest BCUT2D eigenvalue weighted by molar-refractivity contribution is 7.85. The Bertz CT molecular complexity index is 779. The maximum Gasteiger partial charge on any atom is 0.320 e. The van der Waals surface area contributed by atoms with Crippen LogP contribution >= 0.6 is 0 Å². The summed E-state index contributed by atoms with van der Waals surface area (Å²) in [6.45, 7) is 1.47. The molecule has 1 aliphatic heterocycles. The molecule has 1 aromatic rings. The summed E-state index contributed by atoms with van der Waals surface area (Å²) in [5, 5.41) is 12.3. The molecule has 0 spiro atoms. The van der Waals surface area contributed by atoms with E-state index in [2.05, 4.69) is 10.2 Å². The third-order valence-electron chi connectivity index (χ3n) is 3.62. The lowest BCUT2D eigenvalue weighted by molar-refractivity contribution is -0.225. The second-order valence-electron chi connectivity index (χ2n) is 5.40. The van der Waals surface area contributed by atoms with Crippen molar-refractivity contribution < 1.29 is 37.3 Å². The number of hydroxylamine groups is 2. The van der Waals surface area contributed by atoms with Crippen LogP contribution in [0.25, 0.3) is 0 Å². The number of rotatable bonds is 7. The van der Waals surface area contributed by atoms with Crippen molar-refractivity contribution in [2.45, 2.75) is 24.9 Å². The van der Waals surface area contributed by atoms with E-state index < -0.39 is 51.8 Å². The highest BCUT2D eigenvalue weighted by Gasteiger charge is 2.48. The molecule has 10 nitrogen and oxygen atoms in total. The van der Waals surface area contributed by atoms with Crippen LogP contribution in [0.1, 0.15) is 18.4 Å². The summed E-state index contributed by atoms with van der Waals surface area (Å²) in [7, 11) is -4.42. The molecule has 0 saturated carbocycles. The van der Waals surface area contributed by atoms with E-state index >= 15 is 0 Å². The van der Waals surface area contributed by atoms with Crippen LogP contribution in [0.15, 0.2) is 30.3 Å². The highest BCUT2D eigenvalue weighted by Crippen LogP contribution is 2.23. The van der Waals surface area contributed by atoms with Crippen molar-refractivity contribution >= 4 is 27.9 Å². The van der Waals surface area contributed by atoms with Crippen LogP contribution < -0.4 is 5.32 Å². The van der Waals surface area contributed by atoms with Gasteiger partial charge in [0.25, 0.3) is 16.0 Å². The van der Waals surface area contributed by atoms with Gasteiger partial charge in [0, 0.05) is 0 Å². The van der Waals surface area contributed by atoms with Gasteiger partial charge in [-0.3, -0.25) is 23.8 Å². The first kappa shape index (κ1) is 18.8. The molecule has 2 rings (SSSR count). The molecule has 0 aliphatic carbocycles. The van der Waals surface area contributed by atoms with Gasteiger partial charge in [0.15, 0.2) is 5.92 Å². The number of β-lactam (4-membered cyclic amide) rings is 1. The van der Waals surface area contributed by atoms with Gasteiger partial charge in [0.2, 0.25) is 11.8 Å². The Morgan fingerprint density at radius 3 is 2.40 bits per heavy atom. The van der Waals surface area contributed by atoms with Crippen LogP contribution in [0.3, 0.4) is 0 Å². The lowest BCUT2D eigenvalue weighted by Gasteiger charge is -2.43. The smallest absolute Gasteiger partial charge is 0.320 e. The number of carbonyl (C=O) groups is 3. The van der Waals surface area contributed by atoms with E-state index in [0.29, 0.717) is 5.06 Å². The third kappa shape index (κ3) is 4.32. The van der Waals surface area contributed by atoms with E-state index in [9.17, 15) is 27.9 Å². The average Bonchev–Trinajstić information content (AvgIpc) is 2.52. The normalized spacial score (nSPS) is 21.4. The molecular weight excluding hydrogens is 356 g/mol. The third-order valence-corrected chi connectivity index (χ3v) is 4.02. The Balaban J connectivity index is 2.03. The number of hydrogen-bond donors (Lipinski definition) is 3. The van der Waals surface area contributed by atoms with Crippen molar-refractivity contribution in [3.05, 3.63) is 35.9 Å². The summed E-state index contributed by atoms with van der Waals surface area (Å²) in [6, 6.07) is 6.00. The molecule has 1 heterocycles. The van der Waals surface area contributed by atoms with Crippen molar-refractivity contribution in [2.24, 2.45) is 0 Å². The van der Waals surface area contributed by atoms with Crippen molar-refractivity contribution in [1.82, 2.24) is 10.4 Å². The Hall–Kier alpha value is -2.50. The van der Waals surface area contributed by atoms with Crippen LogP contribution in [-0.2, 0) is 29.3 Å². The van der Waals surface area contributed by atoms with E-state index in [1.54, 1.807) is 18.2 Å². The Labute approximate surface area is 143 Å². The predicted octanol–water partition coefficient (Wildman–Crippen LogP) is -0.653. The number of hydrogen-bond acceptors (Lipinski definition) is 6. The molecule has 0 bridgehead atoms. The summed E-state index contributed by atoms with van der Waals surface area (Å²) in [6.07, 6.45) is 0. The quantitative estimate of drug-likeness (QED) is 0.324. The fourth-order valence-electron chi connectivity index (χ4n) is 2.37. The lowest BCUT2D eigenvalue weighted by atomic mass is 9.95. The van der Waals surface area contributed by atoms with Crippen LogP contribution in [-0.4, -0.2) is 58.9 Å². The zero-order chi connectivity index (χ0) is 18.8. The number of carboxylic acids is 1. The van der Waals surface area contributed by atoms with Gasteiger partial charge < -0.3 is 10.4 Å². The maximum absolute atomic E-state index is 12.3. The number of carbonyl (C=O) groups excluding carboxylic acids is 2. The van der Waals surface area contributed by atoms with Gasteiger partial charge in [0.05, 0.1) is 6.04 Å². The lowest BCUT2D eigenvalue weighted by Crippen LogP contribution is -2.69. The Morgan fingerprint density at radius 1 is 1.32 bits per heavy atom. The zero-order valence-corrected chi connectivity index (χ0v) is 13.8. The summed E-state index contributed by atoms with van der Waals surface area (Å²) in [5.74, 6) is -5.59. The number of nitrogens with one attached hydrogen (secondary N) is 1. The van der Waals surface area contributed by atoms with Crippen LogP contribution in [0, 0.1) is 0 Å². The van der Waals surface area contributed by atoms with Gasteiger partial charge in [-0.2, -0.15) is 8.42 Å². The van der Waals surface area contributed by atoms with Gasteiger partial charge in [-0.1, -0.05) is 30.3 Å². The molecule has 11 heteroatoms. The van der Waals surface area contributed by atoms with E-state index in [-0.39, 0.29) is 5.56 Å². The molecule has 25 heavy (non-hydrogen) atoms. The fraction of sp³-hybridized carbons (Fsp3) is 0.357. The minimum atomic E-state index is -4.42. The number of carboxylic acid groups (broad SMARTS) is 1. The van der Waals surface area contributed by atoms with Gasteiger partial charge in [-0.25, -0.2) is 5.06 Å². The molecule has 136 valence electrons. The first-order valence-corrected chi connectivity index (χ1v) is 8.72. The molecule has 1 fully saturated rings. The van der Waals surface area contributed by atoms with E-state index in [4.69, 9.17) is 4.55 Å². The van der Waals surface area contributed by atoms with E-state index in [1.165, 1.54) is 19.1 Å². The Morgan fingerprint density at radius 2 is 1.92 bits per heavy atom. The largest absolute Gasteiger partial charge is 0.480 e. The molecule has 1 saturated heterocycles. The minimum absolute atomic E-state index is 0.256. The molecule has 3 N–H and O–H groups in total. The van der Waals surface area contributed by atoms with Crippen molar-refractivity contribution in [1.29, 1.82) is 0 Å². The van der Waals surface area contributed by atoms with Gasteiger partial charge >= 0.3 is 5.97 Å². The maximum atomic E-state index is 12.3. The standard InChI is InChI=1S/C14H16N2O8S/c1-8-11(13(18)16(8)24-7-25(21,22)23)15-12(17)10(14(19)20)9-5-3-2-4-6-9/h2-6,8,10-11H,7H2,1H3,(H,15,17)(H,19,20)(H,21,22,23)/t8-,10?,11+/m1/s1. The number of benzene rings is 1.